The molecule has 0 radical (unpaired) electrons. The summed E-state index contributed by atoms with van der Waals surface area (Å²) in [5.74, 6) is 0. The summed E-state index contributed by atoms with van der Waals surface area (Å²) in [5, 5.41) is 0. The Morgan fingerprint density at radius 2 is 0.750 bits per heavy atom. The van der Waals surface area contributed by atoms with Gasteiger partial charge in [-0.25, -0.2) is 0 Å². The van der Waals surface area contributed by atoms with Gasteiger partial charge in [-0.15, -0.1) is 0 Å². The third-order valence-corrected chi connectivity index (χ3v) is 0. The molecule has 0 aliphatic rings. The summed E-state index contributed by atoms with van der Waals surface area (Å²) >= 11 is 0. The van der Waals surface area contributed by atoms with Crippen LogP contribution in [0.5, 0.6) is 0 Å². The van der Waals surface area contributed by atoms with Gasteiger partial charge in [0.25, 0.3) is 0 Å². The molecule has 4 heteroatoms. The number of hydrogen-bond acceptors (Lipinski definition) is 0. The molecule has 0 fully saturated rings. The van der Waals surface area contributed by atoms with Gasteiger partial charge in [0, 0.05) is 42.1 Å². The zero-order valence-corrected chi connectivity index (χ0v) is 3.93. The molecule has 0 nitrogen and oxygen atoms in total. The standard InChI is InChI=1S/Pd.2H4Si.Ti/h;2*1H4;. The van der Waals surface area contributed by atoms with Crippen LogP contribution in [-0.4, -0.2) is 21.9 Å². The molecule has 0 aromatic rings. The number of rotatable bonds is 0. The molecular formula is H8PdSi2Ti. The normalized spacial score (nSPS) is 0. The van der Waals surface area contributed by atoms with E-state index in [0.29, 0.717) is 0 Å². The van der Waals surface area contributed by atoms with Crippen LogP contribution in [0.4, 0.5) is 0 Å². The molecule has 0 bridgehead atoms. The van der Waals surface area contributed by atoms with Crippen LogP contribution in [0.1, 0.15) is 0 Å². The van der Waals surface area contributed by atoms with E-state index >= 15 is 0 Å². The molecule has 0 saturated heterocycles. The van der Waals surface area contributed by atoms with Crippen molar-refractivity contribution in [3.63, 3.8) is 0 Å². The monoisotopic (exact) mass is 218 g/mol. The van der Waals surface area contributed by atoms with E-state index in [2.05, 4.69) is 0 Å². The maximum atomic E-state index is 0. The second-order valence-electron chi connectivity index (χ2n) is 0. The fourth-order valence-corrected chi connectivity index (χ4v) is 0. The molecule has 0 unspecified atom stereocenters. The van der Waals surface area contributed by atoms with E-state index in [1.807, 2.05) is 0 Å². The maximum Gasteiger partial charge on any atom is 0 e. The molecule has 0 aliphatic carbocycles. The summed E-state index contributed by atoms with van der Waals surface area (Å²) in [5.41, 5.74) is 0. The van der Waals surface area contributed by atoms with Crippen molar-refractivity contribution in [1.29, 1.82) is 0 Å². The van der Waals surface area contributed by atoms with Crippen LogP contribution in [0, 0.1) is 0 Å². The Balaban J connectivity index is 0. The Labute approximate surface area is 63.7 Å². The van der Waals surface area contributed by atoms with Crippen LogP contribution in [0.25, 0.3) is 0 Å². The summed E-state index contributed by atoms with van der Waals surface area (Å²) in [7, 11) is 0. The molecule has 0 heterocycles. The Kier molecular flexibility index (Phi) is 219. The zero-order chi connectivity index (χ0) is 0. The second kappa shape index (κ2) is 21.3. The van der Waals surface area contributed by atoms with E-state index in [9.17, 15) is 0 Å². The zero-order valence-electron chi connectivity index (χ0n) is 0.816. The molecule has 0 atom stereocenters. The molecule has 0 amide bonds. The van der Waals surface area contributed by atoms with Gasteiger partial charge < -0.3 is 0 Å². The van der Waals surface area contributed by atoms with Gasteiger partial charge in [0.2, 0.25) is 0 Å². The van der Waals surface area contributed by atoms with E-state index in [0.717, 1.165) is 0 Å². The minimum absolute atomic E-state index is 0. The minimum atomic E-state index is 0. The molecular weight excluding hydrogens is 210 g/mol. The van der Waals surface area contributed by atoms with Crippen molar-refractivity contribution in [1.82, 2.24) is 0 Å². The van der Waals surface area contributed by atoms with E-state index in [1.54, 1.807) is 0 Å². The third kappa shape index (κ3) is 9.18. The van der Waals surface area contributed by atoms with Crippen molar-refractivity contribution in [2.75, 3.05) is 0 Å². The molecule has 30 valence electrons. The van der Waals surface area contributed by atoms with Crippen molar-refractivity contribution in [2.24, 2.45) is 0 Å². The van der Waals surface area contributed by atoms with Crippen LogP contribution < -0.4 is 0 Å². The Morgan fingerprint density at radius 3 is 0.750 bits per heavy atom. The van der Waals surface area contributed by atoms with Crippen molar-refractivity contribution >= 4 is 21.9 Å². The Hall–Kier alpha value is 1.81. The summed E-state index contributed by atoms with van der Waals surface area (Å²) in [6.45, 7) is 0. The van der Waals surface area contributed by atoms with Crippen LogP contribution in [-0.2, 0) is 42.1 Å². The molecule has 0 aliphatic heterocycles. The summed E-state index contributed by atoms with van der Waals surface area (Å²) in [4.78, 5) is 0. The molecule has 0 spiro atoms. The van der Waals surface area contributed by atoms with Gasteiger partial charge in [0.15, 0.2) is 0 Å². The van der Waals surface area contributed by atoms with Gasteiger partial charge in [-0.2, -0.15) is 0 Å². The van der Waals surface area contributed by atoms with E-state index in [1.165, 1.54) is 0 Å². The predicted octanol–water partition coefficient (Wildman–Crippen LogP) is -2.91. The predicted molar refractivity (Wildman–Crippen MR) is 22.7 cm³/mol. The second-order valence-corrected chi connectivity index (χ2v) is 0. The van der Waals surface area contributed by atoms with Crippen LogP contribution in [0.15, 0.2) is 0 Å². The van der Waals surface area contributed by atoms with Gasteiger partial charge in [-0.05, 0) is 21.9 Å². The fraction of sp³-hybridized carbons (Fsp3) is 0. The van der Waals surface area contributed by atoms with Gasteiger partial charge in [0.1, 0.15) is 0 Å². The first kappa shape index (κ1) is 41.0. The third-order valence-electron chi connectivity index (χ3n) is 0. The van der Waals surface area contributed by atoms with E-state index < -0.39 is 0 Å². The molecule has 4 heavy (non-hydrogen) atoms. The van der Waals surface area contributed by atoms with Gasteiger partial charge in [-0.1, -0.05) is 0 Å². The SMILES string of the molecule is [Pd].[SiH4].[SiH4].[Ti]. The minimum Gasteiger partial charge on any atom is -0.0149 e. The molecule has 0 N–H and O–H groups in total. The fourth-order valence-electron chi connectivity index (χ4n) is 0. The molecule has 0 saturated carbocycles. The number of hydrogen-bond donors (Lipinski definition) is 0. The van der Waals surface area contributed by atoms with Crippen molar-refractivity contribution in [3.8, 4) is 0 Å². The average molecular weight is 219 g/mol. The maximum absolute atomic E-state index is 0. The van der Waals surface area contributed by atoms with Gasteiger partial charge in [0.05, 0.1) is 0 Å². The quantitative estimate of drug-likeness (QED) is 0.383. The van der Waals surface area contributed by atoms with Crippen LogP contribution >= 0.6 is 0 Å². The summed E-state index contributed by atoms with van der Waals surface area (Å²) in [6.07, 6.45) is 0. The Morgan fingerprint density at radius 1 is 0.750 bits per heavy atom. The largest absolute Gasteiger partial charge is 0.0149 e. The topological polar surface area (TPSA) is 0 Å². The van der Waals surface area contributed by atoms with Crippen LogP contribution in [0.3, 0.4) is 0 Å². The summed E-state index contributed by atoms with van der Waals surface area (Å²) < 4.78 is 0. The van der Waals surface area contributed by atoms with Crippen LogP contribution in [0.2, 0.25) is 0 Å². The first-order valence-corrected chi connectivity index (χ1v) is 0. The van der Waals surface area contributed by atoms with E-state index in [4.69, 9.17) is 0 Å². The van der Waals surface area contributed by atoms with Gasteiger partial charge >= 0.3 is 0 Å². The summed E-state index contributed by atoms with van der Waals surface area (Å²) in [6, 6.07) is 0. The van der Waals surface area contributed by atoms with E-state index in [-0.39, 0.29) is 64.1 Å². The molecule has 0 aromatic heterocycles. The first-order chi connectivity index (χ1) is 0. The van der Waals surface area contributed by atoms with Gasteiger partial charge in [-0.3, -0.25) is 0 Å². The molecule has 0 rings (SSSR count). The van der Waals surface area contributed by atoms with Crippen molar-refractivity contribution in [2.45, 2.75) is 0 Å². The first-order valence-electron chi connectivity index (χ1n) is 0. The Bertz CT molecular complexity index is 6.00. The molecule has 0 aromatic carbocycles. The smallest absolute Gasteiger partial charge is 0 e. The van der Waals surface area contributed by atoms with Crippen molar-refractivity contribution < 1.29 is 42.1 Å². The average Bonchev–Trinajstić information content (AvgIpc) is 0. The van der Waals surface area contributed by atoms with Crippen molar-refractivity contribution in [3.05, 3.63) is 0 Å².